The summed E-state index contributed by atoms with van der Waals surface area (Å²) >= 11 is 5.89. The van der Waals surface area contributed by atoms with Crippen LogP contribution in [-0.4, -0.2) is 25.9 Å². The second-order valence-corrected chi connectivity index (χ2v) is 9.65. The predicted octanol–water partition coefficient (Wildman–Crippen LogP) is 5.39. The van der Waals surface area contributed by atoms with E-state index in [1.165, 1.54) is 48.5 Å². The van der Waals surface area contributed by atoms with Crippen molar-refractivity contribution in [2.75, 3.05) is 10.9 Å². The van der Waals surface area contributed by atoms with Crippen molar-refractivity contribution < 1.29 is 22.9 Å². The summed E-state index contributed by atoms with van der Waals surface area (Å²) in [6.45, 7) is 1.49. The van der Waals surface area contributed by atoms with E-state index in [-0.39, 0.29) is 22.0 Å². The molecular weight excluding hydrogens is 480 g/mol. The molecule has 178 valence electrons. The van der Waals surface area contributed by atoms with Gasteiger partial charge in [-0.05, 0) is 66.9 Å². The Hall–Kier alpha value is -3.43. The second kappa shape index (κ2) is 11.1. The lowest BCUT2D eigenvalue weighted by Gasteiger charge is -2.23. The normalized spacial score (nSPS) is 11.1. The summed E-state index contributed by atoms with van der Waals surface area (Å²) in [5.41, 5.74) is 1.07. The van der Waals surface area contributed by atoms with Gasteiger partial charge in [-0.15, -0.1) is 0 Å². The first-order valence-electron chi connectivity index (χ1n) is 10.5. The number of non-ortho nitro benzene ring substituents is 1. The molecule has 3 aromatic carbocycles. The SMILES string of the molecule is CCCCc1ccc(N(C(=O)COc2ccc([N+](=O)[O-])cc2)S(=O)(=O)c2ccc(Cl)cc2)cc1. The predicted molar refractivity (Wildman–Crippen MR) is 130 cm³/mol. The van der Waals surface area contributed by atoms with Crippen LogP contribution in [0.2, 0.25) is 5.02 Å². The van der Waals surface area contributed by atoms with E-state index in [0.29, 0.717) is 9.33 Å². The molecule has 0 heterocycles. The van der Waals surface area contributed by atoms with Gasteiger partial charge in [0.25, 0.3) is 21.6 Å². The number of nitrogens with zero attached hydrogens (tertiary/aromatic N) is 2. The van der Waals surface area contributed by atoms with Crippen molar-refractivity contribution in [3.05, 3.63) is 93.5 Å². The molecule has 0 aromatic heterocycles. The molecular formula is C24H23ClN2O6S. The lowest BCUT2D eigenvalue weighted by atomic mass is 10.1. The molecule has 1 amide bonds. The molecule has 0 fully saturated rings. The molecule has 0 N–H and O–H groups in total. The van der Waals surface area contributed by atoms with Gasteiger partial charge < -0.3 is 4.74 Å². The van der Waals surface area contributed by atoms with Gasteiger partial charge in [-0.2, -0.15) is 4.31 Å². The van der Waals surface area contributed by atoms with Gasteiger partial charge in [-0.25, -0.2) is 8.42 Å². The Morgan fingerprint density at radius 3 is 2.18 bits per heavy atom. The number of carbonyl (C=O) groups is 1. The number of ether oxygens (including phenoxy) is 1. The first kappa shape index (κ1) is 25.2. The number of rotatable bonds is 10. The molecule has 0 spiro atoms. The van der Waals surface area contributed by atoms with E-state index >= 15 is 0 Å². The van der Waals surface area contributed by atoms with Crippen LogP contribution in [0.15, 0.2) is 77.7 Å². The first-order valence-corrected chi connectivity index (χ1v) is 12.3. The van der Waals surface area contributed by atoms with Crippen molar-refractivity contribution in [2.45, 2.75) is 31.1 Å². The molecule has 0 aliphatic heterocycles. The number of hydrogen-bond acceptors (Lipinski definition) is 6. The largest absolute Gasteiger partial charge is 0.484 e. The maximum atomic E-state index is 13.4. The quantitative estimate of drug-likeness (QED) is 0.271. The maximum Gasteiger partial charge on any atom is 0.278 e. The van der Waals surface area contributed by atoms with Crippen LogP contribution >= 0.6 is 11.6 Å². The van der Waals surface area contributed by atoms with Crippen LogP contribution in [-0.2, 0) is 21.2 Å². The van der Waals surface area contributed by atoms with Gasteiger partial charge in [0, 0.05) is 17.2 Å². The highest BCUT2D eigenvalue weighted by molar-refractivity contribution is 7.93. The van der Waals surface area contributed by atoms with E-state index in [0.717, 1.165) is 24.8 Å². The van der Waals surface area contributed by atoms with E-state index in [9.17, 15) is 23.3 Å². The number of sulfonamides is 1. The van der Waals surface area contributed by atoms with Crippen molar-refractivity contribution in [1.82, 2.24) is 0 Å². The Balaban J connectivity index is 1.89. The number of benzene rings is 3. The fourth-order valence-electron chi connectivity index (χ4n) is 3.18. The zero-order chi connectivity index (χ0) is 24.7. The van der Waals surface area contributed by atoms with Gasteiger partial charge in [-0.1, -0.05) is 37.1 Å². The first-order chi connectivity index (χ1) is 16.2. The third-order valence-electron chi connectivity index (χ3n) is 4.98. The van der Waals surface area contributed by atoms with E-state index in [2.05, 4.69) is 6.92 Å². The summed E-state index contributed by atoms with van der Waals surface area (Å²) in [6.07, 6.45) is 2.86. The monoisotopic (exact) mass is 502 g/mol. The Kier molecular flexibility index (Phi) is 8.25. The zero-order valence-electron chi connectivity index (χ0n) is 18.4. The molecule has 0 saturated carbocycles. The summed E-state index contributed by atoms with van der Waals surface area (Å²) in [7, 11) is -4.27. The lowest BCUT2D eigenvalue weighted by Crippen LogP contribution is -2.40. The van der Waals surface area contributed by atoms with Crippen LogP contribution in [0.5, 0.6) is 5.75 Å². The average Bonchev–Trinajstić information content (AvgIpc) is 2.82. The van der Waals surface area contributed by atoms with Crippen molar-refractivity contribution >= 4 is 38.9 Å². The molecule has 8 nitrogen and oxygen atoms in total. The van der Waals surface area contributed by atoms with E-state index in [1.54, 1.807) is 24.3 Å². The fraction of sp³-hybridized carbons (Fsp3) is 0.208. The maximum absolute atomic E-state index is 13.4. The number of amides is 1. The van der Waals surface area contributed by atoms with Crippen LogP contribution in [0, 0.1) is 10.1 Å². The highest BCUT2D eigenvalue weighted by Crippen LogP contribution is 2.26. The number of aryl methyl sites for hydroxylation is 1. The van der Waals surface area contributed by atoms with Crippen LogP contribution < -0.4 is 9.04 Å². The molecule has 0 radical (unpaired) electrons. The molecule has 3 rings (SSSR count). The number of nitro benzene ring substituents is 1. The third-order valence-corrected chi connectivity index (χ3v) is 6.99. The number of halogens is 1. The van der Waals surface area contributed by atoms with Gasteiger partial charge >= 0.3 is 0 Å². The minimum atomic E-state index is -4.27. The molecule has 0 aliphatic rings. The highest BCUT2D eigenvalue weighted by atomic mass is 35.5. The lowest BCUT2D eigenvalue weighted by molar-refractivity contribution is -0.384. The summed E-state index contributed by atoms with van der Waals surface area (Å²) in [4.78, 5) is 23.3. The molecule has 0 unspecified atom stereocenters. The Bertz CT molecular complexity index is 1240. The minimum absolute atomic E-state index is 0.101. The fourth-order valence-corrected chi connectivity index (χ4v) is 4.71. The van der Waals surface area contributed by atoms with E-state index < -0.39 is 27.5 Å². The Morgan fingerprint density at radius 2 is 1.62 bits per heavy atom. The minimum Gasteiger partial charge on any atom is -0.484 e. The van der Waals surface area contributed by atoms with Gasteiger partial charge in [0.1, 0.15) is 5.75 Å². The molecule has 0 aliphatic carbocycles. The summed E-state index contributed by atoms with van der Waals surface area (Å²) in [5.74, 6) is -0.632. The summed E-state index contributed by atoms with van der Waals surface area (Å²) in [5, 5.41) is 11.2. The molecule has 3 aromatic rings. The number of nitro groups is 1. The van der Waals surface area contributed by atoms with Crippen LogP contribution in [0.3, 0.4) is 0 Å². The molecule has 0 bridgehead atoms. The molecule has 0 atom stereocenters. The average molecular weight is 503 g/mol. The van der Waals surface area contributed by atoms with Crippen LogP contribution in [0.1, 0.15) is 25.3 Å². The summed E-state index contributed by atoms with van der Waals surface area (Å²) < 4.78 is 32.9. The Morgan fingerprint density at radius 1 is 1.00 bits per heavy atom. The van der Waals surface area contributed by atoms with Gasteiger partial charge in [0.15, 0.2) is 6.61 Å². The van der Waals surface area contributed by atoms with Gasteiger partial charge in [0.05, 0.1) is 15.5 Å². The molecule has 34 heavy (non-hydrogen) atoms. The van der Waals surface area contributed by atoms with Crippen molar-refractivity contribution in [1.29, 1.82) is 0 Å². The van der Waals surface area contributed by atoms with Crippen molar-refractivity contribution in [2.24, 2.45) is 0 Å². The van der Waals surface area contributed by atoms with E-state index in [1.807, 2.05) is 0 Å². The number of unbranched alkanes of at least 4 members (excludes halogenated alkanes) is 1. The van der Waals surface area contributed by atoms with Gasteiger partial charge in [0.2, 0.25) is 0 Å². The second-order valence-electron chi connectivity index (χ2n) is 7.43. The van der Waals surface area contributed by atoms with Crippen molar-refractivity contribution in [3.63, 3.8) is 0 Å². The van der Waals surface area contributed by atoms with Crippen LogP contribution in [0.4, 0.5) is 11.4 Å². The van der Waals surface area contributed by atoms with Gasteiger partial charge in [-0.3, -0.25) is 14.9 Å². The zero-order valence-corrected chi connectivity index (χ0v) is 20.0. The number of anilines is 1. The number of hydrogen-bond donors (Lipinski definition) is 0. The third kappa shape index (κ3) is 6.12. The summed E-state index contributed by atoms with van der Waals surface area (Å²) in [6, 6.07) is 17.4. The number of carbonyl (C=O) groups excluding carboxylic acids is 1. The van der Waals surface area contributed by atoms with Crippen LogP contribution in [0.25, 0.3) is 0 Å². The highest BCUT2D eigenvalue weighted by Gasteiger charge is 2.31. The topological polar surface area (TPSA) is 107 Å². The van der Waals surface area contributed by atoms with Crippen molar-refractivity contribution in [3.8, 4) is 5.75 Å². The molecule has 0 saturated heterocycles. The standard InChI is InChI=1S/C24H23ClN2O6S/c1-2-3-4-18-5-9-20(10-6-18)26(34(31,32)23-15-7-19(25)8-16-23)24(28)17-33-22-13-11-21(12-14-22)27(29)30/h5-16H,2-4,17H2,1H3. The molecule has 10 heteroatoms. The van der Waals surface area contributed by atoms with E-state index in [4.69, 9.17) is 16.3 Å². The smallest absolute Gasteiger partial charge is 0.278 e. The Labute approximate surface area is 202 Å².